The van der Waals surface area contributed by atoms with Crippen LogP contribution in [0.25, 0.3) is 0 Å². The lowest BCUT2D eigenvalue weighted by Gasteiger charge is -2.32. The van der Waals surface area contributed by atoms with E-state index in [2.05, 4.69) is 28.1 Å². The van der Waals surface area contributed by atoms with Crippen molar-refractivity contribution in [3.05, 3.63) is 105 Å². The monoisotopic (exact) mass is 474 g/mol. The molecule has 4 nitrogen and oxygen atoms in total. The Hall–Kier alpha value is -3.32. The third kappa shape index (κ3) is 3.35. The van der Waals surface area contributed by atoms with Crippen molar-refractivity contribution in [3.8, 4) is 12.1 Å². The second-order valence-electron chi connectivity index (χ2n) is 7.49. The molecule has 0 bridgehead atoms. The van der Waals surface area contributed by atoms with Crippen molar-refractivity contribution in [1.29, 1.82) is 10.5 Å². The normalized spacial score (nSPS) is 19.8. The lowest BCUT2D eigenvalue weighted by Crippen LogP contribution is -2.37. The molecule has 152 valence electrons. The predicted molar refractivity (Wildman–Crippen MR) is 115 cm³/mol. The highest BCUT2D eigenvalue weighted by Crippen LogP contribution is 2.55. The van der Waals surface area contributed by atoms with Gasteiger partial charge in [0, 0.05) is 16.0 Å². The quantitative estimate of drug-likeness (QED) is 0.526. The SMILES string of the molecule is N#CC(C#N)(c1ccc(F)cc1)[C@@H]1c2ccccc2[C@@H](O)[C@H]1C(=O)c1ccc(Br)cc1. The van der Waals surface area contributed by atoms with Crippen molar-refractivity contribution in [2.75, 3.05) is 0 Å². The molecular formula is C25H16BrFN2O2. The number of benzene rings is 3. The highest BCUT2D eigenvalue weighted by atomic mass is 79.9. The first-order valence-corrected chi connectivity index (χ1v) is 10.4. The summed E-state index contributed by atoms with van der Waals surface area (Å²) in [5, 5.41) is 31.6. The van der Waals surface area contributed by atoms with E-state index in [4.69, 9.17) is 0 Å². The summed E-state index contributed by atoms with van der Waals surface area (Å²) in [6, 6.07) is 23.0. The van der Waals surface area contributed by atoms with Gasteiger partial charge < -0.3 is 5.11 Å². The lowest BCUT2D eigenvalue weighted by atomic mass is 9.65. The zero-order valence-corrected chi connectivity index (χ0v) is 17.8. The van der Waals surface area contributed by atoms with E-state index in [9.17, 15) is 24.8 Å². The van der Waals surface area contributed by atoms with Crippen LogP contribution in [-0.4, -0.2) is 10.9 Å². The van der Waals surface area contributed by atoms with Crippen LogP contribution in [0.3, 0.4) is 0 Å². The highest BCUT2D eigenvalue weighted by molar-refractivity contribution is 9.10. The van der Waals surface area contributed by atoms with Gasteiger partial charge in [0.1, 0.15) is 5.82 Å². The molecule has 0 amide bonds. The number of nitriles is 2. The Labute approximate surface area is 187 Å². The summed E-state index contributed by atoms with van der Waals surface area (Å²) >= 11 is 3.34. The van der Waals surface area contributed by atoms with E-state index in [1.165, 1.54) is 24.3 Å². The van der Waals surface area contributed by atoms with E-state index in [-0.39, 0.29) is 11.3 Å². The molecule has 0 fully saturated rings. The minimum Gasteiger partial charge on any atom is -0.388 e. The van der Waals surface area contributed by atoms with Gasteiger partial charge in [-0.2, -0.15) is 10.5 Å². The summed E-state index contributed by atoms with van der Waals surface area (Å²) < 4.78 is 14.4. The van der Waals surface area contributed by atoms with Crippen LogP contribution < -0.4 is 0 Å². The molecule has 1 N–H and O–H groups in total. The van der Waals surface area contributed by atoms with E-state index < -0.39 is 29.2 Å². The number of halogens is 2. The fourth-order valence-corrected chi connectivity index (χ4v) is 4.69. The molecule has 0 unspecified atom stereocenters. The first-order chi connectivity index (χ1) is 14.9. The molecule has 3 aromatic rings. The van der Waals surface area contributed by atoms with Gasteiger partial charge in [-0.25, -0.2) is 4.39 Å². The summed E-state index contributed by atoms with van der Waals surface area (Å²) in [6.07, 6.45) is -1.18. The standard InChI is InChI=1S/C25H16BrFN2O2/c26-17-9-5-15(6-10-17)23(30)21-22(19-3-1-2-4-20(19)24(21)31)25(13-28,14-29)16-7-11-18(27)12-8-16/h1-12,21-22,24,31H/t21-,22-,24-/m1/s1. The molecule has 0 aromatic heterocycles. The topological polar surface area (TPSA) is 84.9 Å². The van der Waals surface area contributed by atoms with Crippen molar-refractivity contribution in [2.45, 2.75) is 17.4 Å². The molecule has 0 spiro atoms. The van der Waals surface area contributed by atoms with E-state index in [0.717, 1.165) is 4.47 Å². The molecule has 1 aliphatic rings. The molecule has 31 heavy (non-hydrogen) atoms. The van der Waals surface area contributed by atoms with Crippen molar-refractivity contribution < 1.29 is 14.3 Å². The maximum absolute atomic E-state index is 13.6. The van der Waals surface area contributed by atoms with Gasteiger partial charge in [0.2, 0.25) is 0 Å². The average molecular weight is 475 g/mol. The zero-order valence-electron chi connectivity index (χ0n) is 16.2. The minimum absolute atomic E-state index is 0.279. The largest absolute Gasteiger partial charge is 0.388 e. The Morgan fingerprint density at radius 3 is 2.10 bits per heavy atom. The average Bonchev–Trinajstić information content (AvgIpc) is 3.09. The number of aliphatic hydroxyl groups is 1. The van der Waals surface area contributed by atoms with Crippen LogP contribution in [0.15, 0.2) is 77.3 Å². The molecule has 0 aliphatic heterocycles. The number of carbonyl (C=O) groups is 1. The molecule has 0 saturated carbocycles. The van der Waals surface area contributed by atoms with E-state index in [0.29, 0.717) is 16.7 Å². The van der Waals surface area contributed by atoms with Crippen LogP contribution in [0.4, 0.5) is 4.39 Å². The van der Waals surface area contributed by atoms with Gasteiger partial charge in [-0.15, -0.1) is 0 Å². The number of ketones is 1. The smallest absolute Gasteiger partial charge is 0.176 e. The number of hydrogen-bond acceptors (Lipinski definition) is 4. The Balaban J connectivity index is 1.93. The lowest BCUT2D eigenvalue weighted by molar-refractivity contribution is 0.0650. The second-order valence-corrected chi connectivity index (χ2v) is 8.40. The van der Waals surface area contributed by atoms with Crippen LogP contribution in [-0.2, 0) is 5.41 Å². The van der Waals surface area contributed by atoms with Gasteiger partial charge in [0.05, 0.1) is 24.2 Å². The Bertz CT molecular complexity index is 1210. The summed E-state index contributed by atoms with van der Waals surface area (Å²) in [5.41, 5.74) is -0.0649. The van der Waals surface area contributed by atoms with Gasteiger partial charge >= 0.3 is 0 Å². The zero-order chi connectivity index (χ0) is 22.2. The van der Waals surface area contributed by atoms with Crippen molar-refractivity contribution in [3.63, 3.8) is 0 Å². The molecule has 3 aromatic carbocycles. The van der Waals surface area contributed by atoms with Gasteiger partial charge in [0.15, 0.2) is 11.2 Å². The Kier molecular flexibility index (Phi) is 5.45. The minimum atomic E-state index is -1.79. The summed E-state index contributed by atoms with van der Waals surface area (Å²) in [4.78, 5) is 13.6. The first-order valence-electron chi connectivity index (χ1n) is 9.58. The fraction of sp³-hybridized carbons (Fsp3) is 0.160. The van der Waals surface area contributed by atoms with Crippen LogP contribution in [0.5, 0.6) is 0 Å². The number of hydrogen-bond donors (Lipinski definition) is 1. The van der Waals surface area contributed by atoms with E-state index in [1.54, 1.807) is 48.5 Å². The second kappa shape index (κ2) is 8.07. The van der Waals surface area contributed by atoms with Crippen molar-refractivity contribution in [2.24, 2.45) is 5.92 Å². The third-order valence-corrected chi connectivity index (χ3v) is 6.43. The Morgan fingerprint density at radius 2 is 1.52 bits per heavy atom. The summed E-state index contributed by atoms with van der Waals surface area (Å²) in [6.45, 7) is 0. The number of fused-ring (bicyclic) bond motifs is 1. The van der Waals surface area contributed by atoms with Gasteiger partial charge in [0.25, 0.3) is 0 Å². The fourth-order valence-electron chi connectivity index (χ4n) is 4.42. The van der Waals surface area contributed by atoms with Gasteiger partial charge in [-0.1, -0.05) is 64.5 Å². The predicted octanol–water partition coefficient (Wildman–Crippen LogP) is 5.20. The maximum Gasteiger partial charge on any atom is 0.176 e. The third-order valence-electron chi connectivity index (χ3n) is 5.90. The molecule has 1 aliphatic carbocycles. The van der Waals surface area contributed by atoms with Crippen LogP contribution in [0, 0.1) is 34.4 Å². The number of rotatable bonds is 4. The van der Waals surface area contributed by atoms with Crippen molar-refractivity contribution >= 4 is 21.7 Å². The molecule has 4 rings (SSSR count). The molecule has 0 saturated heterocycles. The molecule has 0 heterocycles. The maximum atomic E-state index is 13.6. The molecule has 3 atom stereocenters. The van der Waals surface area contributed by atoms with Crippen molar-refractivity contribution in [1.82, 2.24) is 0 Å². The number of Topliss-reactive ketones (excluding diaryl/α,β-unsaturated/α-hetero) is 1. The van der Waals surface area contributed by atoms with E-state index in [1.807, 2.05) is 0 Å². The molecule has 0 radical (unpaired) electrons. The molecular weight excluding hydrogens is 459 g/mol. The number of nitrogens with zero attached hydrogens (tertiary/aromatic N) is 2. The van der Waals surface area contributed by atoms with Crippen LogP contribution in [0.1, 0.15) is 39.1 Å². The summed E-state index contributed by atoms with van der Waals surface area (Å²) in [7, 11) is 0. The number of aliphatic hydroxyl groups excluding tert-OH is 1. The van der Waals surface area contributed by atoms with Gasteiger partial charge in [-0.3, -0.25) is 4.79 Å². The van der Waals surface area contributed by atoms with Gasteiger partial charge in [-0.05, 0) is 41.0 Å². The Morgan fingerprint density at radius 1 is 0.935 bits per heavy atom. The first kappa shape index (κ1) is 20.9. The van der Waals surface area contributed by atoms with Crippen LogP contribution in [0.2, 0.25) is 0 Å². The highest BCUT2D eigenvalue weighted by Gasteiger charge is 2.55. The summed E-state index contributed by atoms with van der Waals surface area (Å²) in [5.74, 6) is -2.85. The number of carbonyl (C=O) groups excluding carboxylic acids is 1. The van der Waals surface area contributed by atoms with Crippen LogP contribution >= 0.6 is 15.9 Å². The molecule has 6 heteroatoms. The van der Waals surface area contributed by atoms with E-state index >= 15 is 0 Å².